The molecule has 0 radical (unpaired) electrons. The van der Waals surface area contributed by atoms with Crippen molar-refractivity contribution in [3.63, 3.8) is 0 Å². The third kappa shape index (κ3) is 3.00. The summed E-state index contributed by atoms with van der Waals surface area (Å²) in [6.45, 7) is 2.24. The van der Waals surface area contributed by atoms with Crippen molar-refractivity contribution in [2.45, 2.75) is 56.3 Å². The van der Waals surface area contributed by atoms with Crippen LogP contribution in [0.25, 0.3) is 0 Å². The minimum Gasteiger partial charge on any atom is -0.508 e. The van der Waals surface area contributed by atoms with Crippen molar-refractivity contribution >= 4 is 11.9 Å². The van der Waals surface area contributed by atoms with E-state index in [1.807, 2.05) is 12.1 Å². The summed E-state index contributed by atoms with van der Waals surface area (Å²) in [6.07, 6.45) is 7.87. The Hall–Kier alpha value is -1.45. The molecule has 0 aliphatic heterocycles. The van der Waals surface area contributed by atoms with Crippen molar-refractivity contribution in [1.29, 1.82) is 0 Å². The van der Waals surface area contributed by atoms with Crippen LogP contribution in [0.5, 0.6) is 5.75 Å². The van der Waals surface area contributed by atoms with Gasteiger partial charge in [0.1, 0.15) is 5.75 Å². The van der Waals surface area contributed by atoms with Crippen molar-refractivity contribution in [3.8, 4) is 5.75 Å². The number of hydrogen-bond acceptors (Lipinski definition) is 3. The van der Waals surface area contributed by atoms with E-state index in [1.165, 1.54) is 60.7 Å². The monoisotopic (exact) mass is 379 g/mol. The molecule has 142 valence electrons. The quantitative estimate of drug-likeness (QED) is 0.660. The molecule has 0 heterocycles. The van der Waals surface area contributed by atoms with Gasteiger partial charge < -0.3 is 5.11 Å². The Morgan fingerprint density at radius 2 is 1.63 bits per heavy atom. The summed E-state index contributed by atoms with van der Waals surface area (Å²) in [5, 5.41) is 16.8. The summed E-state index contributed by atoms with van der Waals surface area (Å²) in [5.41, 5.74) is 5.18. The first-order chi connectivity index (χ1) is 13.1. The Morgan fingerprint density at radius 1 is 0.963 bits per heavy atom. The van der Waals surface area contributed by atoms with Gasteiger partial charge in [-0.3, -0.25) is 5.14 Å². The molecular formula is C24H29NOS. The highest BCUT2D eigenvalue weighted by atomic mass is 32.2. The molecule has 4 saturated carbocycles. The molecule has 4 aliphatic carbocycles. The Labute approximate surface area is 166 Å². The van der Waals surface area contributed by atoms with Crippen LogP contribution in [0, 0.1) is 30.6 Å². The van der Waals surface area contributed by atoms with E-state index in [4.69, 9.17) is 5.14 Å². The van der Waals surface area contributed by atoms with E-state index < -0.39 is 0 Å². The van der Waals surface area contributed by atoms with Gasteiger partial charge in [-0.25, -0.2) is 0 Å². The molecule has 4 fully saturated rings. The third-order valence-electron chi connectivity index (χ3n) is 7.58. The first-order valence-corrected chi connectivity index (χ1v) is 11.3. The Morgan fingerprint density at radius 3 is 2.30 bits per heavy atom. The standard InChI is InChI=1S/C24H29NOS/c1-14-6-7-21(26)20(13-17-4-2-3-5-22(17)27-25)23(14)24-18-9-15-8-16(11-18)12-19(24)10-15/h2-7,15-16,18-19,24,26H,8-13,25H2,1H3. The molecule has 3 N–H and O–H groups in total. The average Bonchev–Trinajstić information content (AvgIpc) is 2.66. The predicted octanol–water partition coefficient (Wildman–Crippen LogP) is 5.80. The van der Waals surface area contributed by atoms with Crippen LogP contribution >= 0.6 is 11.9 Å². The molecular weight excluding hydrogens is 350 g/mol. The Balaban J connectivity index is 1.58. The van der Waals surface area contributed by atoms with Crippen LogP contribution in [0.1, 0.15) is 60.3 Å². The number of phenolic OH excluding ortho intramolecular Hbond substituents is 1. The molecule has 3 heteroatoms. The van der Waals surface area contributed by atoms with Crippen molar-refractivity contribution in [2.75, 3.05) is 0 Å². The van der Waals surface area contributed by atoms with Gasteiger partial charge in [0.15, 0.2) is 0 Å². The van der Waals surface area contributed by atoms with E-state index in [0.29, 0.717) is 11.7 Å². The zero-order valence-electron chi connectivity index (χ0n) is 16.0. The van der Waals surface area contributed by atoms with Gasteiger partial charge in [0.05, 0.1) is 0 Å². The molecule has 2 nitrogen and oxygen atoms in total. The molecule has 0 amide bonds. The number of aryl methyl sites for hydroxylation is 1. The maximum atomic E-state index is 10.9. The third-order valence-corrected chi connectivity index (χ3v) is 8.23. The lowest BCUT2D eigenvalue weighted by atomic mass is 9.50. The average molecular weight is 380 g/mol. The number of nitrogens with two attached hydrogens (primary N) is 1. The van der Waals surface area contributed by atoms with Gasteiger partial charge in [-0.1, -0.05) is 24.3 Å². The van der Waals surface area contributed by atoms with Crippen LogP contribution in [0.4, 0.5) is 0 Å². The van der Waals surface area contributed by atoms with E-state index >= 15 is 0 Å². The van der Waals surface area contributed by atoms with Crippen LogP contribution < -0.4 is 5.14 Å². The smallest absolute Gasteiger partial charge is 0.119 e. The second-order valence-corrected chi connectivity index (χ2v) is 9.83. The van der Waals surface area contributed by atoms with Crippen LogP contribution in [0.2, 0.25) is 0 Å². The summed E-state index contributed by atoms with van der Waals surface area (Å²) in [4.78, 5) is 1.11. The molecule has 2 aromatic carbocycles. The van der Waals surface area contributed by atoms with Gasteiger partial charge in [-0.2, -0.15) is 0 Å². The van der Waals surface area contributed by atoms with Crippen LogP contribution in [0.15, 0.2) is 41.3 Å². The van der Waals surface area contributed by atoms with E-state index in [0.717, 1.165) is 40.6 Å². The van der Waals surface area contributed by atoms with Gasteiger partial charge in [0.2, 0.25) is 0 Å². The Bertz CT molecular complexity index is 833. The van der Waals surface area contributed by atoms with Gasteiger partial charge in [0, 0.05) is 16.9 Å². The second-order valence-electron chi connectivity index (χ2n) is 9.15. The molecule has 0 saturated heterocycles. The molecule has 4 aliphatic rings. The van der Waals surface area contributed by atoms with Crippen LogP contribution in [-0.4, -0.2) is 5.11 Å². The minimum atomic E-state index is 0.459. The number of hydrogen-bond donors (Lipinski definition) is 2. The second kappa shape index (κ2) is 6.86. The fourth-order valence-corrected chi connectivity index (χ4v) is 7.22. The van der Waals surface area contributed by atoms with Crippen molar-refractivity contribution in [1.82, 2.24) is 0 Å². The maximum absolute atomic E-state index is 10.9. The number of rotatable bonds is 4. The van der Waals surface area contributed by atoms with Crippen molar-refractivity contribution in [3.05, 3.63) is 58.7 Å². The minimum absolute atomic E-state index is 0.459. The first-order valence-electron chi connectivity index (χ1n) is 10.4. The lowest BCUT2D eigenvalue weighted by molar-refractivity contribution is -0.00329. The topological polar surface area (TPSA) is 46.2 Å². The molecule has 6 rings (SSSR count). The zero-order valence-corrected chi connectivity index (χ0v) is 16.8. The van der Waals surface area contributed by atoms with Crippen molar-refractivity contribution in [2.24, 2.45) is 28.8 Å². The summed E-state index contributed by atoms with van der Waals surface area (Å²) < 4.78 is 0. The van der Waals surface area contributed by atoms with Gasteiger partial charge in [0.25, 0.3) is 0 Å². The number of phenols is 1. The Kier molecular flexibility index (Phi) is 4.48. The first kappa shape index (κ1) is 17.6. The molecule has 4 bridgehead atoms. The lowest BCUT2D eigenvalue weighted by Crippen LogP contribution is -2.44. The number of benzene rings is 2. The van der Waals surface area contributed by atoms with E-state index in [9.17, 15) is 5.11 Å². The van der Waals surface area contributed by atoms with E-state index in [2.05, 4.69) is 31.2 Å². The van der Waals surface area contributed by atoms with Gasteiger partial charge >= 0.3 is 0 Å². The predicted molar refractivity (Wildman–Crippen MR) is 112 cm³/mol. The molecule has 2 aromatic rings. The normalized spacial score (nSPS) is 31.4. The van der Waals surface area contributed by atoms with Crippen LogP contribution in [0.3, 0.4) is 0 Å². The molecule has 27 heavy (non-hydrogen) atoms. The zero-order chi connectivity index (χ0) is 18.5. The highest BCUT2D eigenvalue weighted by Crippen LogP contribution is 2.61. The summed E-state index contributed by atoms with van der Waals surface area (Å²) in [6, 6.07) is 12.4. The van der Waals surface area contributed by atoms with E-state index in [-0.39, 0.29) is 0 Å². The van der Waals surface area contributed by atoms with Crippen LogP contribution in [-0.2, 0) is 6.42 Å². The van der Waals surface area contributed by atoms with Crippen molar-refractivity contribution < 1.29 is 5.11 Å². The molecule has 0 aromatic heterocycles. The molecule has 0 unspecified atom stereocenters. The van der Waals surface area contributed by atoms with Gasteiger partial charge in [-0.15, -0.1) is 0 Å². The fourth-order valence-electron chi connectivity index (χ4n) is 6.77. The fraction of sp³-hybridized carbons (Fsp3) is 0.500. The molecule has 0 spiro atoms. The molecule has 0 atom stereocenters. The lowest BCUT2D eigenvalue weighted by Gasteiger charge is -2.55. The summed E-state index contributed by atoms with van der Waals surface area (Å²) in [7, 11) is 0. The highest BCUT2D eigenvalue weighted by molar-refractivity contribution is 7.97. The summed E-state index contributed by atoms with van der Waals surface area (Å²) in [5.74, 6) is 4.68. The summed E-state index contributed by atoms with van der Waals surface area (Å²) >= 11 is 1.31. The SMILES string of the molecule is Cc1ccc(O)c(Cc2ccccc2SN)c1C1C2CC3CC(C2)CC1C3. The largest absolute Gasteiger partial charge is 0.508 e. The van der Waals surface area contributed by atoms with Gasteiger partial charge in [-0.05, 0) is 109 Å². The maximum Gasteiger partial charge on any atom is 0.119 e. The van der Waals surface area contributed by atoms with E-state index in [1.54, 1.807) is 0 Å². The number of aromatic hydroxyl groups is 1. The highest BCUT2D eigenvalue weighted by Gasteiger charge is 2.49.